The number of fused-ring (bicyclic) bond motifs is 6. The van der Waals surface area contributed by atoms with Crippen LogP contribution in [0.3, 0.4) is 0 Å². The number of aliphatic hydroxyl groups is 2. The van der Waals surface area contributed by atoms with Crippen LogP contribution in [0.1, 0.15) is 236 Å². The highest BCUT2D eigenvalue weighted by atomic mass is 16.8. The Kier molecular flexibility index (Phi) is 24.9. The molecule has 1 spiro atoms. The normalized spacial score (nSPS) is 50.0. The maximum absolute atomic E-state index is 11.5. The van der Waals surface area contributed by atoms with Crippen molar-refractivity contribution in [3.8, 4) is 0 Å². The monoisotopic (exact) mass is 1450 g/mol. The van der Waals surface area contributed by atoms with Crippen LogP contribution in [0, 0.1) is 59.2 Å². The lowest BCUT2D eigenvalue weighted by molar-refractivity contribution is -0.263. The molecule has 0 amide bonds. The lowest BCUT2D eigenvalue weighted by Gasteiger charge is -2.42. The molecule has 38 atom stereocenters. The predicted molar refractivity (Wildman–Crippen MR) is 401 cm³/mol. The fraction of sp³-hybridized carbons (Fsp3) is 0.841. The highest BCUT2D eigenvalue weighted by Gasteiger charge is 2.69. The standard InChI is InChI=1S/C45H70O8.C43H66O8/c1-10-13-31(46)22-34-29(8)37(19-25(4)12-3)49-39(34)23-38-28(7)26(5)20-32(48-38)15-16-35-27(6)21-33(47-35)17-18-45-24-40-42(53-45)44-43(51-40)41(52-45)30(9)36(50-44)14-11-2;1-8-23(2)17-35-27(6)32-20-29(44)11-9-10-12-34-28(7)39-41-42(48-34)40-38(49-41)22-43(50-39,51-40)16-15-31-19-25(4)33(45-31)14-13-30-18-24(3)26(5)36(46-30)21-37(32)47-35/h10-11,25-26,29-44,46H,1-2,6-7,12-24H2,3-5,8-9H3;9-10,23-24,27-42,44H,4-5,8,11-22H2,1-3,6-7H3/b;10-9+/t25-,26-,29-,30+,31?,32?,33+,34-,35+,36+,37-,38-,39+,40-,41+,42+,43+,44+,45-;23-,24-,27-,28+,29?,30?,31+,32-,33+,34+,35-,36-,37+,38-,39+,40+,41+,42+,43-/m11/s1. The second-order valence-corrected chi connectivity index (χ2v) is 36.4. The highest BCUT2D eigenvalue weighted by Crippen LogP contribution is 2.57. The van der Waals surface area contributed by atoms with Gasteiger partial charge in [0.2, 0.25) is 0 Å². The van der Waals surface area contributed by atoms with E-state index in [1.165, 1.54) is 22.3 Å². The molecule has 16 fully saturated rings. The van der Waals surface area contributed by atoms with Crippen molar-refractivity contribution in [3.05, 3.63) is 86.1 Å². The van der Waals surface area contributed by atoms with Gasteiger partial charge >= 0.3 is 0 Å². The van der Waals surface area contributed by atoms with Crippen molar-refractivity contribution in [3.63, 3.8) is 0 Å². The molecule has 16 saturated heterocycles. The van der Waals surface area contributed by atoms with Crippen molar-refractivity contribution < 1.29 is 76.5 Å². The van der Waals surface area contributed by atoms with E-state index in [1.807, 2.05) is 12.2 Å². The first kappa shape index (κ1) is 78.2. The molecule has 17 bridgehead atoms. The summed E-state index contributed by atoms with van der Waals surface area (Å²) in [6.07, 6.45) is 30.4. The van der Waals surface area contributed by atoms with Gasteiger partial charge in [0.15, 0.2) is 11.6 Å². The van der Waals surface area contributed by atoms with Crippen molar-refractivity contribution in [2.75, 3.05) is 0 Å². The molecule has 2 N–H and O–H groups in total. The Hall–Kier alpha value is -2.46. The third kappa shape index (κ3) is 16.4. The Morgan fingerprint density at radius 1 is 0.519 bits per heavy atom. The Labute approximate surface area is 625 Å². The summed E-state index contributed by atoms with van der Waals surface area (Å²) in [5.41, 5.74) is 4.74. The Morgan fingerprint density at radius 3 is 1.92 bits per heavy atom. The van der Waals surface area contributed by atoms with Gasteiger partial charge in [-0.3, -0.25) is 0 Å². The predicted octanol–water partition coefficient (Wildman–Crippen LogP) is 16.0. The number of ether oxygens (including phenoxy) is 14. The molecule has 0 aromatic heterocycles. The summed E-state index contributed by atoms with van der Waals surface area (Å²) in [5.74, 6) is 2.37. The molecule has 17 aliphatic heterocycles. The second-order valence-electron chi connectivity index (χ2n) is 36.4. The SMILES string of the molecule is C=C1C[C@@H]2CC[C@@]34C[C@H]5O[C@@H]6[C@@H](O[C@@H](C/C=C/CC(O)C[C@@H]7[C@@H](C)[C@@H](C[C@H](C)CC)O[C@H]7C[C@H]7OC(CC[C@@H]1O2)C[C@@H](C)C7=C)[C@H](C)[C@@H]6O3)[C@H]5O4.C=CCC(O)C[C@@H]1[C@@H](C)[C@@H](C[C@H](C)CC)O[C@H]1C[C@H]1OC(CC[C@@H]2O[C@@H](CC[C@@]34C[C@H]5O[C@@H]6[C@@H](O[C@@H](CC=C)[C@H](C)[C@@H]6O3)[C@H]5O4)CC2=C)C[C@@H](C)C1=C. The van der Waals surface area contributed by atoms with E-state index in [0.29, 0.717) is 48.3 Å². The summed E-state index contributed by atoms with van der Waals surface area (Å²) in [5, 5.41) is 22.3. The van der Waals surface area contributed by atoms with Gasteiger partial charge in [-0.15, -0.1) is 13.2 Å². The Bertz CT molecular complexity index is 3010. The van der Waals surface area contributed by atoms with Crippen LogP contribution in [0.25, 0.3) is 0 Å². The first-order valence-electron chi connectivity index (χ1n) is 42.1. The third-order valence-corrected chi connectivity index (χ3v) is 29.1. The molecule has 16 nitrogen and oxygen atoms in total. The fourth-order valence-electron chi connectivity index (χ4n) is 22.1. The summed E-state index contributed by atoms with van der Waals surface area (Å²) in [4.78, 5) is 0. The van der Waals surface area contributed by atoms with E-state index >= 15 is 0 Å². The molecule has 4 unspecified atom stereocenters. The minimum atomic E-state index is -0.650. The molecule has 17 rings (SSSR count). The topological polar surface area (TPSA) is 170 Å². The summed E-state index contributed by atoms with van der Waals surface area (Å²) in [7, 11) is 0. The van der Waals surface area contributed by atoms with Crippen molar-refractivity contribution in [1.29, 1.82) is 0 Å². The van der Waals surface area contributed by atoms with Crippen LogP contribution in [0.5, 0.6) is 0 Å². The molecule has 17 aliphatic rings. The van der Waals surface area contributed by atoms with Gasteiger partial charge in [-0.05, 0) is 185 Å². The number of aliphatic hydroxyl groups excluding tert-OH is 2. The van der Waals surface area contributed by atoms with Gasteiger partial charge in [-0.25, -0.2) is 0 Å². The van der Waals surface area contributed by atoms with Gasteiger partial charge in [0.25, 0.3) is 0 Å². The molecular weight excluding hydrogens is 1310 g/mol. The van der Waals surface area contributed by atoms with E-state index in [1.54, 1.807) is 0 Å². The first-order chi connectivity index (χ1) is 49.9. The van der Waals surface area contributed by atoms with Crippen LogP contribution in [-0.2, 0) is 66.3 Å². The summed E-state index contributed by atoms with van der Waals surface area (Å²) < 4.78 is 94.7. The Morgan fingerprint density at radius 2 is 1.17 bits per heavy atom. The quantitative estimate of drug-likeness (QED) is 0.110. The Balaban J connectivity index is 0.000000176. The maximum Gasteiger partial charge on any atom is 0.172 e. The van der Waals surface area contributed by atoms with E-state index in [9.17, 15) is 10.2 Å². The van der Waals surface area contributed by atoms with Gasteiger partial charge in [-0.1, -0.05) is 133 Å². The number of hydrogen-bond acceptors (Lipinski definition) is 16. The van der Waals surface area contributed by atoms with Gasteiger partial charge in [0.1, 0.15) is 36.6 Å². The zero-order valence-corrected chi connectivity index (χ0v) is 65.3. The molecule has 0 aromatic rings. The van der Waals surface area contributed by atoms with E-state index < -0.39 is 23.8 Å². The van der Waals surface area contributed by atoms with Crippen molar-refractivity contribution in [2.45, 2.75) is 406 Å². The molecular formula is C88H136O16. The molecule has 0 aromatic carbocycles. The molecule has 104 heavy (non-hydrogen) atoms. The maximum atomic E-state index is 11.5. The third-order valence-electron chi connectivity index (χ3n) is 29.1. The smallest absolute Gasteiger partial charge is 0.172 e. The van der Waals surface area contributed by atoms with Gasteiger partial charge in [0, 0.05) is 50.4 Å². The van der Waals surface area contributed by atoms with Crippen molar-refractivity contribution in [1.82, 2.24) is 0 Å². The van der Waals surface area contributed by atoms with E-state index in [2.05, 4.69) is 121 Å². The molecule has 16 heteroatoms. The minimum Gasteiger partial charge on any atom is -0.393 e. The van der Waals surface area contributed by atoms with Crippen LogP contribution in [0.2, 0.25) is 0 Å². The zero-order valence-electron chi connectivity index (χ0n) is 65.3. The van der Waals surface area contributed by atoms with Gasteiger partial charge in [0.05, 0.1) is 122 Å². The summed E-state index contributed by atoms with van der Waals surface area (Å²) in [6, 6.07) is 0. The molecule has 584 valence electrons. The van der Waals surface area contributed by atoms with E-state index in [0.717, 1.165) is 154 Å². The average Bonchev–Trinajstić information content (AvgIpc) is 1.56. The van der Waals surface area contributed by atoms with Crippen molar-refractivity contribution >= 4 is 0 Å². The van der Waals surface area contributed by atoms with Crippen LogP contribution < -0.4 is 0 Å². The first-order valence-corrected chi connectivity index (χ1v) is 42.1. The van der Waals surface area contributed by atoms with Crippen LogP contribution in [0.15, 0.2) is 86.1 Å². The fourth-order valence-corrected chi connectivity index (χ4v) is 22.1. The van der Waals surface area contributed by atoms with Crippen LogP contribution >= 0.6 is 0 Å². The lowest BCUT2D eigenvalue weighted by Crippen LogP contribution is -2.54. The largest absolute Gasteiger partial charge is 0.393 e. The number of hydrogen-bond donors (Lipinski definition) is 2. The van der Waals surface area contributed by atoms with Crippen molar-refractivity contribution in [2.24, 2.45) is 59.2 Å². The van der Waals surface area contributed by atoms with E-state index in [4.69, 9.17) is 66.3 Å². The number of rotatable bonds is 20. The molecule has 0 aliphatic carbocycles. The summed E-state index contributed by atoms with van der Waals surface area (Å²) in [6.45, 7) is 48.7. The zero-order chi connectivity index (χ0) is 73.2. The van der Waals surface area contributed by atoms with Gasteiger partial charge in [-0.2, -0.15) is 0 Å². The van der Waals surface area contributed by atoms with Crippen LogP contribution in [0.4, 0.5) is 0 Å². The second kappa shape index (κ2) is 33.1. The van der Waals surface area contributed by atoms with E-state index in [-0.39, 0.29) is 170 Å². The lowest BCUT2D eigenvalue weighted by atomic mass is 9.78. The minimum absolute atomic E-state index is 0.0146. The highest BCUT2D eigenvalue weighted by molar-refractivity contribution is 5.18. The molecule has 0 saturated carbocycles. The summed E-state index contributed by atoms with van der Waals surface area (Å²) >= 11 is 0. The molecule has 0 radical (unpaired) electrons. The van der Waals surface area contributed by atoms with Gasteiger partial charge < -0.3 is 76.5 Å². The molecule has 17 heterocycles. The average molecular weight is 1450 g/mol. The van der Waals surface area contributed by atoms with Crippen LogP contribution in [-0.4, -0.2) is 180 Å².